The van der Waals surface area contributed by atoms with Crippen LogP contribution in [0.3, 0.4) is 0 Å². The van der Waals surface area contributed by atoms with Crippen molar-refractivity contribution >= 4 is 5.78 Å². The van der Waals surface area contributed by atoms with Crippen LogP contribution in [-0.4, -0.2) is 30.3 Å². The van der Waals surface area contributed by atoms with Crippen LogP contribution in [0.15, 0.2) is 0 Å². The summed E-state index contributed by atoms with van der Waals surface area (Å²) in [6.45, 7) is 9.91. The van der Waals surface area contributed by atoms with Gasteiger partial charge in [-0.3, -0.25) is 4.79 Å². The van der Waals surface area contributed by atoms with E-state index < -0.39 is 0 Å². The third-order valence-corrected chi connectivity index (χ3v) is 2.59. The van der Waals surface area contributed by atoms with Crippen LogP contribution in [0.1, 0.15) is 40.0 Å². The molecule has 0 bridgehead atoms. The van der Waals surface area contributed by atoms with E-state index in [-0.39, 0.29) is 0 Å². The van der Waals surface area contributed by atoms with Gasteiger partial charge in [0.2, 0.25) is 0 Å². The van der Waals surface area contributed by atoms with E-state index in [9.17, 15) is 4.79 Å². The molecule has 13 heavy (non-hydrogen) atoms. The van der Waals surface area contributed by atoms with E-state index >= 15 is 0 Å². The molecular formula is C11H21NO. The van der Waals surface area contributed by atoms with Gasteiger partial charge in [-0.2, -0.15) is 0 Å². The Morgan fingerprint density at radius 3 is 2.23 bits per heavy atom. The minimum Gasteiger partial charge on any atom is -0.302 e. The normalized spacial score (nSPS) is 20.7. The molecule has 0 aliphatic carbocycles. The fourth-order valence-electron chi connectivity index (χ4n) is 1.52. The highest BCUT2D eigenvalue weighted by Gasteiger charge is 2.18. The molecule has 0 spiro atoms. The molecule has 0 aromatic heterocycles. The lowest BCUT2D eigenvalue weighted by molar-refractivity contribution is -0.121. The van der Waals surface area contributed by atoms with Crippen LogP contribution in [0.5, 0.6) is 0 Å². The quantitative estimate of drug-likeness (QED) is 0.653. The van der Waals surface area contributed by atoms with Crippen molar-refractivity contribution in [3.8, 4) is 0 Å². The first-order valence-electron chi connectivity index (χ1n) is 5.21. The molecule has 2 heteroatoms. The first kappa shape index (κ1) is 10.7. The highest BCUT2D eigenvalue weighted by atomic mass is 16.1. The van der Waals surface area contributed by atoms with Crippen LogP contribution in [0.25, 0.3) is 0 Å². The molecule has 0 amide bonds. The molecule has 0 radical (unpaired) electrons. The molecule has 0 saturated carbocycles. The summed E-state index contributed by atoms with van der Waals surface area (Å²) in [6.07, 6.45) is 2.76. The minimum atomic E-state index is 0.418. The van der Waals surface area contributed by atoms with Crippen molar-refractivity contribution in [2.24, 2.45) is 5.41 Å². The van der Waals surface area contributed by atoms with Crippen molar-refractivity contribution in [2.75, 3.05) is 19.6 Å². The summed E-state index contributed by atoms with van der Waals surface area (Å²) in [6, 6.07) is 0. The molecule has 76 valence electrons. The lowest BCUT2D eigenvalue weighted by atomic mass is 9.92. The zero-order valence-electron chi connectivity index (χ0n) is 9.10. The second kappa shape index (κ2) is 4.23. The summed E-state index contributed by atoms with van der Waals surface area (Å²) >= 11 is 0. The largest absolute Gasteiger partial charge is 0.302 e. The molecule has 0 atom stereocenters. The van der Waals surface area contributed by atoms with Gasteiger partial charge in [0.1, 0.15) is 5.78 Å². The average molecular weight is 183 g/mol. The van der Waals surface area contributed by atoms with Crippen LogP contribution < -0.4 is 0 Å². The smallest absolute Gasteiger partial charge is 0.135 e. The third kappa shape index (κ3) is 4.41. The summed E-state index contributed by atoms with van der Waals surface area (Å²) in [7, 11) is 0. The van der Waals surface area contributed by atoms with Gasteiger partial charge in [-0.15, -0.1) is 0 Å². The van der Waals surface area contributed by atoms with Gasteiger partial charge in [0.05, 0.1) is 0 Å². The molecule has 1 saturated heterocycles. The summed E-state index contributed by atoms with van der Waals surface area (Å²) in [4.78, 5) is 13.4. The second-order valence-corrected chi connectivity index (χ2v) is 5.19. The maximum absolute atomic E-state index is 11.0. The van der Waals surface area contributed by atoms with E-state index in [0.717, 1.165) is 32.5 Å². The van der Waals surface area contributed by atoms with Gasteiger partial charge in [0, 0.05) is 25.9 Å². The molecule has 1 aliphatic heterocycles. The zero-order chi connectivity index (χ0) is 9.90. The summed E-state index contributed by atoms with van der Waals surface area (Å²) in [5.74, 6) is 0.437. The number of ketones is 1. The predicted molar refractivity (Wildman–Crippen MR) is 54.8 cm³/mol. The first-order valence-corrected chi connectivity index (χ1v) is 5.21. The van der Waals surface area contributed by atoms with Crippen molar-refractivity contribution in [3.05, 3.63) is 0 Å². The molecule has 1 heterocycles. The van der Waals surface area contributed by atoms with E-state index in [0.29, 0.717) is 11.2 Å². The molecule has 0 unspecified atom stereocenters. The monoisotopic (exact) mass is 183 g/mol. The SMILES string of the molecule is CC(C)(C)CCN1CCC(=O)CC1. The Morgan fingerprint density at radius 1 is 1.23 bits per heavy atom. The Morgan fingerprint density at radius 2 is 1.77 bits per heavy atom. The van der Waals surface area contributed by atoms with E-state index in [1.165, 1.54) is 6.42 Å². The number of piperidine rings is 1. The van der Waals surface area contributed by atoms with Gasteiger partial charge in [-0.05, 0) is 18.4 Å². The summed E-state index contributed by atoms with van der Waals surface area (Å²) in [5, 5.41) is 0. The number of hydrogen-bond donors (Lipinski definition) is 0. The van der Waals surface area contributed by atoms with Crippen LogP contribution >= 0.6 is 0 Å². The number of carbonyl (C=O) groups is 1. The molecule has 0 aromatic carbocycles. The molecule has 2 nitrogen and oxygen atoms in total. The van der Waals surface area contributed by atoms with Gasteiger partial charge >= 0.3 is 0 Å². The van der Waals surface area contributed by atoms with E-state index in [4.69, 9.17) is 0 Å². The number of carbonyl (C=O) groups excluding carboxylic acids is 1. The van der Waals surface area contributed by atoms with Crippen molar-refractivity contribution in [3.63, 3.8) is 0 Å². The molecule has 0 aromatic rings. The molecule has 1 aliphatic rings. The second-order valence-electron chi connectivity index (χ2n) is 5.19. The Labute approximate surface area is 81.3 Å². The Hall–Kier alpha value is -0.370. The fraction of sp³-hybridized carbons (Fsp3) is 0.909. The van der Waals surface area contributed by atoms with Gasteiger partial charge in [0.25, 0.3) is 0 Å². The number of nitrogens with zero attached hydrogens (tertiary/aromatic N) is 1. The standard InChI is InChI=1S/C11H21NO/c1-11(2,3)6-9-12-7-4-10(13)5-8-12/h4-9H2,1-3H3. The van der Waals surface area contributed by atoms with Crippen molar-refractivity contribution in [1.82, 2.24) is 4.90 Å². The molecule has 1 fully saturated rings. The van der Waals surface area contributed by atoms with Gasteiger partial charge < -0.3 is 4.90 Å². The van der Waals surface area contributed by atoms with Gasteiger partial charge in [0.15, 0.2) is 0 Å². The Balaban J connectivity index is 2.20. The van der Waals surface area contributed by atoms with Crippen molar-refractivity contribution in [1.29, 1.82) is 0 Å². The predicted octanol–water partition coefficient (Wildman–Crippen LogP) is 2.09. The Bertz CT molecular complexity index is 171. The minimum absolute atomic E-state index is 0.418. The Kier molecular flexibility index (Phi) is 3.48. The maximum Gasteiger partial charge on any atom is 0.135 e. The first-order chi connectivity index (χ1) is 5.97. The molecule has 1 rings (SSSR count). The fourth-order valence-corrected chi connectivity index (χ4v) is 1.52. The average Bonchev–Trinajstić information content (AvgIpc) is 2.02. The van der Waals surface area contributed by atoms with Crippen LogP contribution in [0, 0.1) is 5.41 Å². The number of hydrogen-bond acceptors (Lipinski definition) is 2. The van der Waals surface area contributed by atoms with E-state index in [1.807, 2.05) is 0 Å². The molecular weight excluding hydrogens is 162 g/mol. The van der Waals surface area contributed by atoms with Crippen molar-refractivity contribution < 1.29 is 4.79 Å². The lowest BCUT2D eigenvalue weighted by Gasteiger charge is -2.29. The van der Waals surface area contributed by atoms with Crippen LogP contribution in [0.2, 0.25) is 0 Å². The topological polar surface area (TPSA) is 20.3 Å². The van der Waals surface area contributed by atoms with Gasteiger partial charge in [-0.1, -0.05) is 20.8 Å². The van der Waals surface area contributed by atoms with E-state index in [2.05, 4.69) is 25.7 Å². The van der Waals surface area contributed by atoms with Crippen LogP contribution in [0.4, 0.5) is 0 Å². The number of rotatable bonds is 2. The maximum atomic E-state index is 11.0. The van der Waals surface area contributed by atoms with Gasteiger partial charge in [-0.25, -0.2) is 0 Å². The number of Topliss-reactive ketones (excluding diaryl/α,β-unsaturated/α-hetero) is 1. The highest BCUT2D eigenvalue weighted by molar-refractivity contribution is 5.79. The number of likely N-dealkylation sites (tertiary alicyclic amines) is 1. The summed E-state index contributed by atoms with van der Waals surface area (Å²) < 4.78 is 0. The lowest BCUT2D eigenvalue weighted by Crippen LogP contribution is -2.35. The van der Waals surface area contributed by atoms with Crippen LogP contribution in [-0.2, 0) is 4.79 Å². The summed E-state index contributed by atoms with van der Waals surface area (Å²) in [5.41, 5.74) is 0.418. The van der Waals surface area contributed by atoms with E-state index in [1.54, 1.807) is 0 Å². The van der Waals surface area contributed by atoms with Crippen molar-refractivity contribution in [2.45, 2.75) is 40.0 Å². The zero-order valence-corrected chi connectivity index (χ0v) is 9.10. The highest BCUT2D eigenvalue weighted by Crippen LogP contribution is 2.19. The third-order valence-electron chi connectivity index (χ3n) is 2.59. The molecule has 0 N–H and O–H groups in total.